The van der Waals surface area contributed by atoms with Gasteiger partial charge in [0, 0.05) is 30.9 Å². The summed E-state index contributed by atoms with van der Waals surface area (Å²) in [7, 11) is 0. The summed E-state index contributed by atoms with van der Waals surface area (Å²) in [5.74, 6) is -0.306. The molecule has 1 amide bonds. The van der Waals surface area contributed by atoms with Crippen LogP contribution in [-0.2, 0) is 0 Å². The normalized spacial score (nSPS) is 15.1. The second-order valence-electron chi connectivity index (χ2n) is 5.81. The molecule has 1 aromatic carbocycles. The quantitative estimate of drug-likeness (QED) is 0.900. The molecular weight excluding hydrogens is 306 g/mol. The lowest BCUT2D eigenvalue weighted by molar-refractivity contribution is 0.0697. The van der Waals surface area contributed by atoms with Crippen LogP contribution in [-0.4, -0.2) is 41.1 Å². The van der Waals surface area contributed by atoms with Gasteiger partial charge in [0.2, 0.25) is 0 Å². The van der Waals surface area contributed by atoms with Crippen molar-refractivity contribution >= 4 is 17.7 Å². The molecule has 6 heteroatoms. The van der Waals surface area contributed by atoms with Crippen LogP contribution >= 0.6 is 0 Å². The lowest BCUT2D eigenvalue weighted by atomic mass is 10.0. The molecule has 6 nitrogen and oxygen atoms in total. The number of anilines is 1. The van der Waals surface area contributed by atoms with E-state index < -0.39 is 5.97 Å². The fourth-order valence-corrected chi connectivity index (χ4v) is 2.86. The topological polar surface area (TPSA) is 82.5 Å². The number of aromatic nitrogens is 1. The van der Waals surface area contributed by atoms with E-state index in [0.29, 0.717) is 5.56 Å². The van der Waals surface area contributed by atoms with E-state index in [1.807, 2.05) is 18.2 Å². The van der Waals surface area contributed by atoms with Gasteiger partial charge in [0.1, 0.15) is 5.82 Å². The number of nitrogens with zero attached hydrogens (tertiary/aromatic N) is 2. The van der Waals surface area contributed by atoms with Gasteiger partial charge in [-0.2, -0.15) is 0 Å². The largest absolute Gasteiger partial charge is 0.478 e. The van der Waals surface area contributed by atoms with Gasteiger partial charge in [-0.3, -0.25) is 4.79 Å². The van der Waals surface area contributed by atoms with Crippen LogP contribution in [0, 0.1) is 0 Å². The van der Waals surface area contributed by atoms with Gasteiger partial charge in [-0.15, -0.1) is 0 Å². The molecule has 2 heterocycles. The van der Waals surface area contributed by atoms with E-state index >= 15 is 0 Å². The van der Waals surface area contributed by atoms with Crippen molar-refractivity contribution in [2.75, 3.05) is 18.0 Å². The van der Waals surface area contributed by atoms with Crippen LogP contribution in [0.3, 0.4) is 0 Å². The Morgan fingerprint density at radius 2 is 1.83 bits per heavy atom. The number of rotatable bonds is 4. The van der Waals surface area contributed by atoms with E-state index in [1.54, 1.807) is 18.3 Å². The van der Waals surface area contributed by atoms with Crippen LogP contribution in [0.15, 0.2) is 48.7 Å². The second kappa shape index (κ2) is 7.12. The first-order valence-corrected chi connectivity index (χ1v) is 7.93. The monoisotopic (exact) mass is 325 g/mol. The maximum atomic E-state index is 12.3. The molecule has 2 N–H and O–H groups in total. The van der Waals surface area contributed by atoms with Gasteiger partial charge in [-0.05, 0) is 43.2 Å². The summed E-state index contributed by atoms with van der Waals surface area (Å²) < 4.78 is 0. The highest BCUT2D eigenvalue weighted by Gasteiger charge is 2.22. The average molecular weight is 325 g/mol. The van der Waals surface area contributed by atoms with Crippen molar-refractivity contribution in [1.29, 1.82) is 0 Å². The lowest BCUT2D eigenvalue weighted by Crippen LogP contribution is -2.45. The summed E-state index contributed by atoms with van der Waals surface area (Å²) in [6.45, 7) is 1.66. The molecule has 0 spiro atoms. The van der Waals surface area contributed by atoms with Gasteiger partial charge in [0.05, 0.1) is 5.56 Å². The number of hydrogen-bond acceptors (Lipinski definition) is 4. The number of carboxylic acids is 1. The Balaban J connectivity index is 1.57. The van der Waals surface area contributed by atoms with Crippen molar-refractivity contribution in [1.82, 2.24) is 10.3 Å². The molecule has 124 valence electrons. The predicted octanol–water partition coefficient (Wildman–Crippen LogP) is 2.18. The molecule has 1 fully saturated rings. The van der Waals surface area contributed by atoms with E-state index in [0.717, 1.165) is 31.7 Å². The Morgan fingerprint density at radius 3 is 2.50 bits per heavy atom. The van der Waals surface area contributed by atoms with E-state index in [-0.39, 0.29) is 17.5 Å². The van der Waals surface area contributed by atoms with Crippen LogP contribution in [0.5, 0.6) is 0 Å². The van der Waals surface area contributed by atoms with E-state index in [1.165, 1.54) is 12.1 Å². The second-order valence-corrected chi connectivity index (χ2v) is 5.81. The molecule has 1 aliphatic rings. The first kappa shape index (κ1) is 16.0. The third kappa shape index (κ3) is 3.71. The molecule has 24 heavy (non-hydrogen) atoms. The highest BCUT2D eigenvalue weighted by atomic mass is 16.4. The third-order valence-corrected chi connectivity index (χ3v) is 4.18. The molecule has 1 aliphatic heterocycles. The number of nitrogens with one attached hydrogen (secondary N) is 1. The van der Waals surface area contributed by atoms with Crippen LogP contribution in [0.4, 0.5) is 5.82 Å². The SMILES string of the molecule is O=C(O)c1cccc(C(=O)NC2CCN(c3ccccn3)CC2)c1. The Morgan fingerprint density at radius 1 is 1.08 bits per heavy atom. The zero-order valence-corrected chi connectivity index (χ0v) is 13.2. The molecule has 0 saturated carbocycles. The van der Waals surface area contributed by atoms with Gasteiger partial charge in [0.15, 0.2) is 0 Å². The van der Waals surface area contributed by atoms with Gasteiger partial charge in [0.25, 0.3) is 5.91 Å². The molecule has 0 atom stereocenters. The number of benzene rings is 1. The number of carbonyl (C=O) groups excluding carboxylic acids is 1. The van der Waals surface area contributed by atoms with Crippen LogP contribution < -0.4 is 10.2 Å². The Labute approximate surface area is 140 Å². The first-order chi connectivity index (χ1) is 11.6. The molecule has 0 unspecified atom stereocenters. The zero-order valence-electron chi connectivity index (χ0n) is 13.2. The summed E-state index contributed by atoms with van der Waals surface area (Å²) in [6.07, 6.45) is 3.44. The minimum Gasteiger partial charge on any atom is -0.478 e. The highest BCUT2D eigenvalue weighted by molar-refractivity contribution is 5.97. The van der Waals surface area contributed by atoms with E-state index in [9.17, 15) is 9.59 Å². The summed E-state index contributed by atoms with van der Waals surface area (Å²) in [4.78, 5) is 29.8. The number of hydrogen-bond donors (Lipinski definition) is 2. The lowest BCUT2D eigenvalue weighted by Gasteiger charge is -2.33. The Bertz CT molecular complexity index is 725. The number of carboxylic acid groups (broad SMARTS) is 1. The van der Waals surface area contributed by atoms with E-state index in [2.05, 4.69) is 15.2 Å². The van der Waals surface area contributed by atoms with Crippen molar-refractivity contribution in [2.24, 2.45) is 0 Å². The molecule has 2 aromatic rings. The van der Waals surface area contributed by atoms with Crippen LogP contribution in [0.1, 0.15) is 33.6 Å². The van der Waals surface area contributed by atoms with Gasteiger partial charge in [-0.25, -0.2) is 9.78 Å². The van der Waals surface area contributed by atoms with Gasteiger partial charge in [-0.1, -0.05) is 12.1 Å². The smallest absolute Gasteiger partial charge is 0.335 e. The van der Waals surface area contributed by atoms with Gasteiger partial charge >= 0.3 is 5.97 Å². The third-order valence-electron chi connectivity index (χ3n) is 4.18. The minimum absolute atomic E-state index is 0.0888. The van der Waals surface area contributed by atoms with Crippen molar-refractivity contribution in [2.45, 2.75) is 18.9 Å². The predicted molar refractivity (Wildman–Crippen MR) is 90.3 cm³/mol. The Kier molecular flexibility index (Phi) is 4.74. The molecular formula is C18H19N3O3. The fraction of sp³-hybridized carbons (Fsp3) is 0.278. The van der Waals surface area contributed by atoms with Crippen molar-refractivity contribution in [3.8, 4) is 0 Å². The van der Waals surface area contributed by atoms with Gasteiger partial charge < -0.3 is 15.3 Å². The molecule has 0 bridgehead atoms. The standard InChI is InChI=1S/C18H19N3O3/c22-17(13-4-3-5-14(12-13)18(23)24)20-15-7-10-21(11-8-15)16-6-1-2-9-19-16/h1-6,9,12,15H,7-8,10-11H2,(H,20,22)(H,23,24). The first-order valence-electron chi connectivity index (χ1n) is 7.93. The Hall–Kier alpha value is -2.89. The summed E-state index contributed by atoms with van der Waals surface area (Å²) in [5.41, 5.74) is 0.495. The van der Waals surface area contributed by atoms with Crippen molar-refractivity contribution in [3.63, 3.8) is 0 Å². The molecule has 3 rings (SSSR count). The number of piperidine rings is 1. The minimum atomic E-state index is -1.03. The van der Waals surface area contributed by atoms with Crippen molar-refractivity contribution in [3.05, 3.63) is 59.8 Å². The average Bonchev–Trinajstić information content (AvgIpc) is 2.63. The summed E-state index contributed by atoms with van der Waals surface area (Å²) >= 11 is 0. The number of carbonyl (C=O) groups is 2. The van der Waals surface area contributed by atoms with Crippen molar-refractivity contribution < 1.29 is 14.7 Å². The molecule has 1 saturated heterocycles. The molecule has 0 radical (unpaired) electrons. The number of pyridine rings is 1. The fourth-order valence-electron chi connectivity index (χ4n) is 2.86. The number of amides is 1. The maximum Gasteiger partial charge on any atom is 0.335 e. The number of aromatic carboxylic acids is 1. The highest BCUT2D eigenvalue weighted by Crippen LogP contribution is 2.17. The summed E-state index contributed by atoms with van der Waals surface area (Å²) in [5, 5.41) is 12.0. The summed E-state index contributed by atoms with van der Waals surface area (Å²) in [6, 6.07) is 12.0. The maximum absolute atomic E-state index is 12.3. The molecule has 1 aromatic heterocycles. The molecule has 0 aliphatic carbocycles. The van der Waals surface area contributed by atoms with Crippen LogP contribution in [0.2, 0.25) is 0 Å². The zero-order chi connectivity index (χ0) is 16.9. The van der Waals surface area contributed by atoms with Crippen LogP contribution in [0.25, 0.3) is 0 Å². The van der Waals surface area contributed by atoms with E-state index in [4.69, 9.17) is 5.11 Å².